The summed E-state index contributed by atoms with van der Waals surface area (Å²) in [4.78, 5) is 27.0. The highest BCUT2D eigenvalue weighted by molar-refractivity contribution is 5.96. The van der Waals surface area contributed by atoms with E-state index in [1.807, 2.05) is 32.0 Å². The largest absolute Gasteiger partial charge is 0.338 e. The van der Waals surface area contributed by atoms with E-state index in [-0.39, 0.29) is 24.0 Å². The molecule has 1 aliphatic rings. The van der Waals surface area contributed by atoms with Crippen molar-refractivity contribution in [2.45, 2.75) is 26.7 Å². The minimum absolute atomic E-state index is 0.0563. The molecule has 0 spiro atoms. The van der Waals surface area contributed by atoms with Crippen LogP contribution >= 0.6 is 0 Å². The van der Waals surface area contributed by atoms with E-state index in [9.17, 15) is 18.4 Å². The summed E-state index contributed by atoms with van der Waals surface area (Å²) < 4.78 is 26.8. The van der Waals surface area contributed by atoms with Gasteiger partial charge in [-0.05, 0) is 51.0 Å². The van der Waals surface area contributed by atoms with Gasteiger partial charge in [0.25, 0.3) is 5.91 Å². The summed E-state index contributed by atoms with van der Waals surface area (Å²) in [6.45, 7) is 4.74. The summed E-state index contributed by atoms with van der Waals surface area (Å²) in [5.41, 5.74) is 2.57. The van der Waals surface area contributed by atoms with Gasteiger partial charge in [0.15, 0.2) is 0 Å². The number of carbonyl (C=O) groups excluding carboxylic acids is 2. The second kappa shape index (κ2) is 7.86. The molecule has 142 valence electrons. The fourth-order valence-electron chi connectivity index (χ4n) is 3.48. The van der Waals surface area contributed by atoms with Crippen LogP contribution < -0.4 is 5.32 Å². The van der Waals surface area contributed by atoms with E-state index in [4.69, 9.17) is 0 Å². The molecular formula is C21H22F2N2O2. The van der Waals surface area contributed by atoms with E-state index >= 15 is 0 Å². The summed E-state index contributed by atoms with van der Waals surface area (Å²) in [6.07, 6.45) is 1.31. The lowest BCUT2D eigenvalue weighted by molar-refractivity contribution is -0.121. The van der Waals surface area contributed by atoms with Crippen LogP contribution in [0.2, 0.25) is 0 Å². The molecule has 3 rings (SSSR count). The number of benzene rings is 2. The second-order valence-corrected chi connectivity index (χ2v) is 7.08. The number of aryl methyl sites for hydroxylation is 2. The van der Waals surface area contributed by atoms with Gasteiger partial charge in [-0.1, -0.05) is 17.2 Å². The molecule has 2 aromatic rings. The van der Waals surface area contributed by atoms with Crippen molar-refractivity contribution in [1.82, 2.24) is 4.90 Å². The van der Waals surface area contributed by atoms with Crippen LogP contribution in [0.15, 0.2) is 36.4 Å². The van der Waals surface area contributed by atoms with Crippen molar-refractivity contribution in [3.05, 3.63) is 64.7 Å². The lowest BCUT2D eigenvalue weighted by atomic mass is 9.96. The molecule has 1 fully saturated rings. The predicted octanol–water partition coefficient (Wildman–Crippen LogP) is 4.07. The predicted molar refractivity (Wildman–Crippen MR) is 99.5 cm³/mol. The smallest absolute Gasteiger partial charge is 0.253 e. The van der Waals surface area contributed by atoms with Crippen molar-refractivity contribution in [1.29, 1.82) is 0 Å². The van der Waals surface area contributed by atoms with E-state index in [1.54, 1.807) is 4.90 Å². The van der Waals surface area contributed by atoms with Crippen molar-refractivity contribution in [2.24, 2.45) is 5.92 Å². The third kappa shape index (κ3) is 4.51. The molecule has 0 aromatic heterocycles. The number of hydrogen-bond acceptors (Lipinski definition) is 2. The SMILES string of the molecule is Cc1cc(C)cc(C(=O)N2CCC[C@H](C(=O)Nc3ccc(F)cc3F)C2)c1. The molecule has 1 N–H and O–H groups in total. The van der Waals surface area contributed by atoms with Crippen molar-refractivity contribution < 1.29 is 18.4 Å². The molecule has 1 saturated heterocycles. The van der Waals surface area contributed by atoms with E-state index in [1.165, 1.54) is 6.07 Å². The molecule has 0 bridgehead atoms. The number of amides is 2. The Balaban J connectivity index is 1.69. The lowest BCUT2D eigenvalue weighted by Gasteiger charge is -2.32. The van der Waals surface area contributed by atoms with Crippen molar-refractivity contribution >= 4 is 17.5 Å². The quantitative estimate of drug-likeness (QED) is 0.883. The van der Waals surface area contributed by atoms with Gasteiger partial charge in [-0.15, -0.1) is 0 Å². The van der Waals surface area contributed by atoms with E-state index < -0.39 is 17.6 Å². The highest BCUT2D eigenvalue weighted by Gasteiger charge is 2.29. The average molecular weight is 372 g/mol. The molecule has 6 heteroatoms. The highest BCUT2D eigenvalue weighted by atomic mass is 19.1. The van der Waals surface area contributed by atoms with Crippen molar-refractivity contribution in [3.8, 4) is 0 Å². The highest BCUT2D eigenvalue weighted by Crippen LogP contribution is 2.22. The maximum atomic E-state index is 13.8. The number of piperidine rings is 1. The molecule has 27 heavy (non-hydrogen) atoms. The monoisotopic (exact) mass is 372 g/mol. The number of likely N-dealkylation sites (tertiary alicyclic amines) is 1. The fraction of sp³-hybridized carbons (Fsp3) is 0.333. The first kappa shape index (κ1) is 19.0. The van der Waals surface area contributed by atoms with Crippen LogP contribution in [0, 0.1) is 31.4 Å². The Labute approximate surface area is 157 Å². The van der Waals surface area contributed by atoms with Crippen LogP contribution in [0.25, 0.3) is 0 Å². The zero-order valence-electron chi connectivity index (χ0n) is 15.4. The van der Waals surface area contributed by atoms with E-state index in [0.717, 1.165) is 23.3 Å². The minimum atomic E-state index is -0.817. The molecule has 4 nitrogen and oxygen atoms in total. The van der Waals surface area contributed by atoms with Crippen LogP contribution in [0.1, 0.15) is 34.3 Å². The fourth-order valence-corrected chi connectivity index (χ4v) is 3.48. The number of carbonyl (C=O) groups is 2. The number of rotatable bonds is 3. The van der Waals surface area contributed by atoms with Gasteiger partial charge in [0.1, 0.15) is 11.6 Å². The Morgan fingerprint density at radius 3 is 2.44 bits per heavy atom. The topological polar surface area (TPSA) is 49.4 Å². The summed E-state index contributed by atoms with van der Waals surface area (Å²) in [5, 5.41) is 2.51. The molecule has 2 aromatic carbocycles. The van der Waals surface area contributed by atoms with Gasteiger partial charge < -0.3 is 10.2 Å². The standard InChI is InChI=1S/C21H22F2N2O2/c1-13-8-14(2)10-16(9-13)21(27)25-7-3-4-15(12-25)20(26)24-19-6-5-17(22)11-18(19)23/h5-6,8-11,15H,3-4,7,12H2,1-2H3,(H,24,26)/t15-/m0/s1. The summed E-state index contributed by atoms with van der Waals surface area (Å²) >= 11 is 0. The Kier molecular flexibility index (Phi) is 5.54. The van der Waals surface area contributed by atoms with Gasteiger partial charge in [0.05, 0.1) is 11.6 Å². The van der Waals surface area contributed by atoms with Gasteiger partial charge in [-0.2, -0.15) is 0 Å². The van der Waals surface area contributed by atoms with Crippen LogP contribution in [0.5, 0.6) is 0 Å². The molecule has 0 aliphatic carbocycles. The van der Waals surface area contributed by atoms with Crippen LogP contribution in [0.3, 0.4) is 0 Å². The van der Waals surface area contributed by atoms with Gasteiger partial charge >= 0.3 is 0 Å². The minimum Gasteiger partial charge on any atom is -0.338 e. The molecule has 0 radical (unpaired) electrons. The third-order valence-corrected chi connectivity index (χ3v) is 4.74. The van der Waals surface area contributed by atoms with Crippen LogP contribution in [-0.2, 0) is 4.79 Å². The zero-order valence-corrected chi connectivity index (χ0v) is 15.4. The van der Waals surface area contributed by atoms with Crippen molar-refractivity contribution in [3.63, 3.8) is 0 Å². The zero-order chi connectivity index (χ0) is 19.6. The second-order valence-electron chi connectivity index (χ2n) is 7.08. The molecule has 1 atom stereocenters. The Bertz CT molecular complexity index is 862. The first-order valence-electron chi connectivity index (χ1n) is 8.97. The number of anilines is 1. The normalized spacial score (nSPS) is 16.9. The Morgan fingerprint density at radius 2 is 1.78 bits per heavy atom. The first-order chi connectivity index (χ1) is 12.8. The number of nitrogens with one attached hydrogen (secondary N) is 1. The maximum Gasteiger partial charge on any atom is 0.253 e. The number of nitrogens with zero attached hydrogens (tertiary/aromatic N) is 1. The molecule has 1 heterocycles. The Hall–Kier alpha value is -2.76. The van der Waals surface area contributed by atoms with Gasteiger partial charge in [0.2, 0.25) is 5.91 Å². The molecule has 2 amide bonds. The van der Waals surface area contributed by atoms with Gasteiger partial charge in [-0.25, -0.2) is 8.78 Å². The van der Waals surface area contributed by atoms with Gasteiger partial charge in [-0.3, -0.25) is 9.59 Å². The van der Waals surface area contributed by atoms with Crippen molar-refractivity contribution in [2.75, 3.05) is 18.4 Å². The van der Waals surface area contributed by atoms with Crippen LogP contribution in [0.4, 0.5) is 14.5 Å². The maximum absolute atomic E-state index is 13.8. The van der Waals surface area contributed by atoms with E-state index in [0.29, 0.717) is 24.9 Å². The average Bonchev–Trinajstić information content (AvgIpc) is 2.62. The van der Waals surface area contributed by atoms with E-state index in [2.05, 4.69) is 5.32 Å². The molecule has 0 saturated carbocycles. The van der Waals surface area contributed by atoms with Gasteiger partial charge in [0, 0.05) is 24.7 Å². The number of hydrogen-bond donors (Lipinski definition) is 1. The summed E-state index contributed by atoms with van der Waals surface area (Å²) in [5.74, 6) is -2.42. The number of halogens is 2. The molecular weight excluding hydrogens is 350 g/mol. The summed E-state index contributed by atoms with van der Waals surface area (Å²) in [7, 11) is 0. The lowest BCUT2D eigenvalue weighted by Crippen LogP contribution is -2.43. The molecule has 0 unspecified atom stereocenters. The Morgan fingerprint density at radius 1 is 1.07 bits per heavy atom. The van der Waals surface area contributed by atoms with Crippen LogP contribution in [-0.4, -0.2) is 29.8 Å². The first-order valence-corrected chi connectivity index (χ1v) is 8.97. The third-order valence-electron chi connectivity index (χ3n) is 4.74. The summed E-state index contributed by atoms with van der Waals surface area (Å²) in [6, 6.07) is 8.70. The molecule has 1 aliphatic heterocycles.